The van der Waals surface area contributed by atoms with E-state index in [4.69, 9.17) is 5.26 Å². The van der Waals surface area contributed by atoms with Gasteiger partial charge in [0, 0.05) is 32.9 Å². The van der Waals surface area contributed by atoms with E-state index in [-0.39, 0.29) is 11.9 Å². The third-order valence-electron chi connectivity index (χ3n) is 4.20. The van der Waals surface area contributed by atoms with Gasteiger partial charge in [-0.1, -0.05) is 12.1 Å². The average molecular weight is 309 g/mol. The molecule has 1 aromatic heterocycles. The Balaban J connectivity index is 1.56. The fourth-order valence-corrected chi connectivity index (χ4v) is 2.77. The van der Waals surface area contributed by atoms with E-state index in [1.165, 1.54) is 0 Å². The van der Waals surface area contributed by atoms with Gasteiger partial charge in [0.15, 0.2) is 0 Å². The maximum Gasteiger partial charge on any atom is 0.240 e. The predicted molar refractivity (Wildman–Crippen MR) is 85.0 cm³/mol. The van der Waals surface area contributed by atoms with Crippen molar-refractivity contribution in [3.8, 4) is 6.07 Å². The number of benzene rings is 1. The van der Waals surface area contributed by atoms with Crippen molar-refractivity contribution in [2.24, 2.45) is 7.05 Å². The van der Waals surface area contributed by atoms with Gasteiger partial charge in [0.2, 0.25) is 5.91 Å². The highest BCUT2D eigenvalue weighted by Gasteiger charge is 2.31. The molecule has 0 bridgehead atoms. The number of imidazole rings is 1. The first kappa shape index (κ1) is 15.3. The molecule has 1 amide bonds. The maximum absolute atomic E-state index is 12.5. The van der Waals surface area contributed by atoms with Gasteiger partial charge in [0.05, 0.1) is 29.7 Å². The maximum atomic E-state index is 12.5. The van der Waals surface area contributed by atoms with Crippen LogP contribution in [0.2, 0.25) is 0 Å². The van der Waals surface area contributed by atoms with Crippen molar-refractivity contribution in [2.45, 2.75) is 25.6 Å². The molecule has 6 heteroatoms. The number of hydrogen-bond acceptors (Lipinski definition) is 4. The van der Waals surface area contributed by atoms with E-state index in [0.717, 1.165) is 24.2 Å². The van der Waals surface area contributed by atoms with E-state index in [9.17, 15) is 4.79 Å². The fourth-order valence-electron chi connectivity index (χ4n) is 2.77. The van der Waals surface area contributed by atoms with Gasteiger partial charge in [0.25, 0.3) is 0 Å². The van der Waals surface area contributed by atoms with Crippen LogP contribution in [-0.4, -0.2) is 32.9 Å². The first-order valence-corrected chi connectivity index (χ1v) is 7.64. The number of nitriles is 1. The molecule has 23 heavy (non-hydrogen) atoms. The Hall–Kier alpha value is -2.65. The van der Waals surface area contributed by atoms with Crippen molar-refractivity contribution in [2.75, 3.05) is 6.54 Å². The highest BCUT2D eigenvalue weighted by atomic mass is 16.2. The summed E-state index contributed by atoms with van der Waals surface area (Å²) >= 11 is 0. The van der Waals surface area contributed by atoms with Crippen molar-refractivity contribution in [1.82, 2.24) is 19.8 Å². The number of carbonyl (C=O) groups excluding carboxylic acids is 1. The van der Waals surface area contributed by atoms with E-state index in [1.54, 1.807) is 24.7 Å². The van der Waals surface area contributed by atoms with Gasteiger partial charge in [-0.05, 0) is 24.1 Å². The van der Waals surface area contributed by atoms with E-state index < -0.39 is 0 Å². The van der Waals surface area contributed by atoms with Crippen molar-refractivity contribution in [3.63, 3.8) is 0 Å². The third-order valence-corrected chi connectivity index (χ3v) is 4.20. The predicted octanol–water partition coefficient (Wildman–Crippen LogP) is 1.18. The molecule has 0 unspecified atom stereocenters. The molecule has 1 N–H and O–H groups in total. The van der Waals surface area contributed by atoms with Gasteiger partial charge in [-0.25, -0.2) is 4.98 Å². The molecule has 1 aliphatic heterocycles. The number of aromatic nitrogens is 2. The molecule has 6 nitrogen and oxygen atoms in total. The first-order valence-electron chi connectivity index (χ1n) is 7.64. The van der Waals surface area contributed by atoms with Crippen molar-refractivity contribution >= 4 is 5.91 Å². The summed E-state index contributed by atoms with van der Waals surface area (Å²) in [7, 11) is 1.94. The number of rotatable bonds is 5. The SMILES string of the molecule is Cn1cncc1CN[C@@H]1CCN(Cc2ccc(C#N)cc2)C1=O. The summed E-state index contributed by atoms with van der Waals surface area (Å²) in [6.07, 6.45) is 4.37. The second-order valence-electron chi connectivity index (χ2n) is 5.79. The minimum atomic E-state index is -0.136. The summed E-state index contributed by atoms with van der Waals surface area (Å²) in [6.45, 7) is 1.98. The number of hydrogen-bond donors (Lipinski definition) is 1. The third kappa shape index (κ3) is 3.41. The Morgan fingerprint density at radius 1 is 1.39 bits per heavy atom. The number of nitrogens with zero attached hydrogens (tertiary/aromatic N) is 4. The number of aryl methyl sites for hydroxylation is 1. The monoisotopic (exact) mass is 309 g/mol. The standard InChI is InChI=1S/C17H19N5O/c1-21-12-19-9-15(21)10-20-16-6-7-22(17(16)23)11-14-4-2-13(8-18)3-5-14/h2-5,9,12,16,20H,6-7,10-11H2,1H3/t16-/m1/s1. The quantitative estimate of drug-likeness (QED) is 0.900. The Kier molecular flexibility index (Phi) is 4.40. The summed E-state index contributed by atoms with van der Waals surface area (Å²) in [6, 6.07) is 9.35. The minimum absolute atomic E-state index is 0.136. The topological polar surface area (TPSA) is 74.0 Å². The van der Waals surface area contributed by atoms with Crippen LogP contribution in [0.15, 0.2) is 36.8 Å². The van der Waals surface area contributed by atoms with Crippen LogP contribution in [0.4, 0.5) is 0 Å². The fraction of sp³-hybridized carbons (Fsp3) is 0.353. The zero-order valence-electron chi connectivity index (χ0n) is 13.1. The molecular weight excluding hydrogens is 290 g/mol. The molecule has 2 aromatic rings. The Morgan fingerprint density at radius 2 is 2.17 bits per heavy atom. The van der Waals surface area contributed by atoms with Crippen LogP contribution in [0.5, 0.6) is 0 Å². The second kappa shape index (κ2) is 6.63. The lowest BCUT2D eigenvalue weighted by Gasteiger charge is -2.17. The lowest BCUT2D eigenvalue weighted by molar-refractivity contribution is -0.129. The van der Waals surface area contributed by atoms with Gasteiger partial charge in [-0.3, -0.25) is 4.79 Å². The van der Waals surface area contributed by atoms with Gasteiger partial charge < -0.3 is 14.8 Å². The van der Waals surface area contributed by atoms with Crippen LogP contribution in [0, 0.1) is 11.3 Å². The highest BCUT2D eigenvalue weighted by molar-refractivity contribution is 5.83. The van der Waals surface area contributed by atoms with Crippen molar-refractivity contribution in [1.29, 1.82) is 5.26 Å². The van der Waals surface area contributed by atoms with Crippen LogP contribution in [0.3, 0.4) is 0 Å². The minimum Gasteiger partial charge on any atom is -0.337 e. The van der Waals surface area contributed by atoms with Crippen LogP contribution < -0.4 is 5.32 Å². The van der Waals surface area contributed by atoms with Gasteiger partial charge in [-0.15, -0.1) is 0 Å². The normalized spacial score (nSPS) is 17.5. The molecule has 0 saturated carbocycles. The Bertz CT molecular complexity index is 728. The van der Waals surface area contributed by atoms with Crippen LogP contribution in [0.25, 0.3) is 0 Å². The lowest BCUT2D eigenvalue weighted by atomic mass is 10.1. The number of amides is 1. The number of carbonyl (C=O) groups is 1. The summed E-state index contributed by atoms with van der Waals surface area (Å²) in [5, 5.41) is 12.1. The first-order chi connectivity index (χ1) is 11.2. The van der Waals surface area contributed by atoms with E-state index in [0.29, 0.717) is 18.7 Å². The van der Waals surface area contributed by atoms with Crippen LogP contribution >= 0.6 is 0 Å². The molecule has 118 valence electrons. The molecule has 1 atom stereocenters. The van der Waals surface area contributed by atoms with E-state index >= 15 is 0 Å². The Labute approximate surface area is 135 Å². The van der Waals surface area contributed by atoms with Crippen molar-refractivity contribution in [3.05, 3.63) is 53.6 Å². The van der Waals surface area contributed by atoms with E-state index in [2.05, 4.69) is 16.4 Å². The van der Waals surface area contributed by atoms with Crippen LogP contribution in [-0.2, 0) is 24.9 Å². The molecule has 3 rings (SSSR count). The molecule has 0 aliphatic carbocycles. The van der Waals surface area contributed by atoms with Gasteiger partial charge in [-0.2, -0.15) is 5.26 Å². The van der Waals surface area contributed by atoms with Crippen LogP contribution in [0.1, 0.15) is 23.2 Å². The molecule has 0 spiro atoms. The molecule has 1 fully saturated rings. The zero-order chi connectivity index (χ0) is 16.2. The molecule has 2 heterocycles. The number of likely N-dealkylation sites (tertiary alicyclic amines) is 1. The van der Waals surface area contributed by atoms with E-state index in [1.807, 2.05) is 28.6 Å². The largest absolute Gasteiger partial charge is 0.337 e. The average Bonchev–Trinajstić information content (AvgIpc) is 3.13. The molecular formula is C17H19N5O. The summed E-state index contributed by atoms with van der Waals surface area (Å²) in [5.74, 6) is 0.136. The molecule has 1 aromatic carbocycles. The summed E-state index contributed by atoms with van der Waals surface area (Å²) in [5.41, 5.74) is 2.74. The second-order valence-corrected chi connectivity index (χ2v) is 5.79. The Morgan fingerprint density at radius 3 is 2.83 bits per heavy atom. The number of nitrogens with one attached hydrogen (secondary N) is 1. The summed E-state index contributed by atoms with van der Waals surface area (Å²) in [4.78, 5) is 18.4. The van der Waals surface area contributed by atoms with Gasteiger partial charge in [0.1, 0.15) is 0 Å². The molecule has 1 aliphatic rings. The van der Waals surface area contributed by atoms with Gasteiger partial charge >= 0.3 is 0 Å². The highest BCUT2D eigenvalue weighted by Crippen LogP contribution is 2.16. The molecule has 1 saturated heterocycles. The summed E-state index contributed by atoms with van der Waals surface area (Å²) < 4.78 is 1.95. The smallest absolute Gasteiger partial charge is 0.240 e. The lowest BCUT2D eigenvalue weighted by Crippen LogP contribution is -2.37. The zero-order valence-corrected chi connectivity index (χ0v) is 13.1. The van der Waals surface area contributed by atoms with Crippen molar-refractivity contribution < 1.29 is 4.79 Å². The molecule has 0 radical (unpaired) electrons.